The number of anilines is 1. The zero-order chi connectivity index (χ0) is 25.7. The molecule has 0 bridgehead atoms. The van der Waals surface area contributed by atoms with Gasteiger partial charge in [-0.15, -0.1) is 0 Å². The van der Waals surface area contributed by atoms with Crippen LogP contribution < -0.4 is 9.46 Å². The fraction of sp³-hybridized carbons (Fsp3) is 0.125. The molecule has 5 aromatic heterocycles. The van der Waals surface area contributed by atoms with Crippen molar-refractivity contribution in [2.24, 2.45) is 7.05 Å². The number of hydrogen-bond acceptors (Lipinski definition) is 8. The van der Waals surface area contributed by atoms with E-state index < -0.39 is 10.0 Å². The summed E-state index contributed by atoms with van der Waals surface area (Å²) in [6, 6.07) is 8.77. The van der Waals surface area contributed by atoms with Crippen molar-refractivity contribution in [1.29, 1.82) is 0 Å². The van der Waals surface area contributed by atoms with Gasteiger partial charge in [-0.05, 0) is 31.2 Å². The maximum absolute atomic E-state index is 12.7. The SMILES string of the molecule is COc1cc(NS(=O)(=O)c2cnn(C)c2)ccc1-n1nc(C)c2cnc(-c3cnn4cccnc34)cc21. The molecule has 5 heterocycles. The summed E-state index contributed by atoms with van der Waals surface area (Å²) in [6.07, 6.45) is 9.76. The summed E-state index contributed by atoms with van der Waals surface area (Å²) in [5, 5.41) is 13.9. The number of pyridine rings is 1. The van der Waals surface area contributed by atoms with Crippen molar-refractivity contribution in [2.45, 2.75) is 11.8 Å². The molecule has 6 aromatic rings. The number of fused-ring (bicyclic) bond motifs is 2. The molecule has 0 unspecified atom stereocenters. The lowest BCUT2D eigenvalue weighted by atomic mass is 10.1. The number of methoxy groups -OCH3 is 1. The van der Waals surface area contributed by atoms with Crippen LogP contribution in [0, 0.1) is 6.92 Å². The van der Waals surface area contributed by atoms with Gasteiger partial charge in [0.25, 0.3) is 10.0 Å². The van der Waals surface area contributed by atoms with Gasteiger partial charge in [0.1, 0.15) is 16.3 Å². The van der Waals surface area contributed by atoms with Crippen molar-refractivity contribution in [3.63, 3.8) is 0 Å². The molecule has 0 saturated carbocycles. The topological polar surface area (TPSA) is 134 Å². The lowest BCUT2D eigenvalue weighted by molar-refractivity contribution is 0.412. The maximum atomic E-state index is 12.7. The Morgan fingerprint density at radius 2 is 1.92 bits per heavy atom. The van der Waals surface area contributed by atoms with Crippen molar-refractivity contribution in [2.75, 3.05) is 11.8 Å². The van der Waals surface area contributed by atoms with Crippen molar-refractivity contribution >= 4 is 32.3 Å². The lowest BCUT2D eigenvalue weighted by Crippen LogP contribution is -2.12. The number of hydrogen-bond donors (Lipinski definition) is 1. The Morgan fingerprint density at radius 3 is 2.70 bits per heavy atom. The van der Waals surface area contributed by atoms with Gasteiger partial charge in [0.05, 0.1) is 47.7 Å². The molecular formula is C24H21N9O3S. The third-order valence-corrected chi connectivity index (χ3v) is 7.29. The fourth-order valence-corrected chi connectivity index (χ4v) is 5.20. The number of nitrogens with zero attached hydrogens (tertiary/aromatic N) is 8. The van der Waals surface area contributed by atoms with Crippen LogP contribution in [0.3, 0.4) is 0 Å². The minimum Gasteiger partial charge on any atom is -0.494 e. The van der Waals surface area contributed by atoms with Crippen LogP contribution in [0.15, 0.2) is 72.4 Å². The molecule has 0 aliphatic rings. The van der Waals surface area contributed by atoms with E-state index in [4.69, 9.17) is 9.84 Å². The highest BCUT2D eigenvalue weighted by molar-refractivity contribution is 7.92. The Morgan fingerprint density at radius 1 is 1.05 bits per heavy atom. The van der Waals surface area contributed by atoms with Crippen molar-refractivity contribution in [3.8, 4) is 22.7 Å². The normalized spacial score (nSPS) is 11.9. The third-order valence-electron chi connectivity index (χ3n) is 5.96. The number of sulfonamides is 1. The van der Waals surface area contributed by atoms with E-state index in [1.807, 2.05) is 25.3 Å². The van der Waals surface area contributed by atoms with Gasteiger partial charge in [0.15, 0.2) is 5.65 Å². The first-order chi connectivity index (χ1) is 17.8. The second kappa shape index (κ2) is 8.41. The average Bonchev–Trinajstić information content (AvgIpc) is 3.61. The van der Waals surface area contributed by atoms with Gasteiger partial charge >= 0.3 is 0 Å². The van der Waals surface area contributed by atoms with Gasteiger partial charge in [-0.25, -0.2) is 22.6 Å². The monoisotopic (exact) mass is 515 g/mol. The summed E-state index contributed by atoms with van der Waals surface area (Å²) >= 11 is 0. The smallest absolute Gasteiger partial charge is 0.265 e. The maximum Gasteiger partial charge on any atom is 0.265 e. The van der Waals surface area contributed by atoms with E-state index in [0.717, 1.165) is 22.2 Å². The highest BCUT2D eigenvalue weighted by atomic mass is 32.2. The molecular weight excluding hydrogens is 494 g/mol. The number of aromatic nitrogens is 8. The molecule has 186 valence electrons. The number of nitrogens with one attached hydrogen (secondary N) is 1. The molecule has 0 radical (unpaired) electrons. The third kappa shape index (κ3) is 3.85. The molecule has 0 fully saturated rings. The van der Waals surface area contributed by atoms with Crippen LogP contribution in [-0.2, 0) is 17.1 Å². The van der Waals surface area contributed by atoms with E-state index in [2.05, 4.69) is 24.9 Å². The van der Waals surface area contributed by atoms with Crippen LogP contribution >= 0.6 is 0 Å². The van der Waals surface area contributed by atoms with Gasteiger partial charge < -0.3 is 4.74 Å². The number of ether oxygens (including phenoxy) is 1. The molecule has 0 atom stereocenters. The van der Waals surface area contributed by atoms with Gasteiger partial charge in [-0.3, -0.25) is 14.4 Å². The summed E-state index contributed by atoms with van der Waals surface area (Å²) < 4.78 is 38.6. The summed E-state index contributed by atoms with van der Waals surface area (Å²) in [5.74, 6) is 0.437. The molecule has 0 spiro atoms. The van der Waals surface area contributed by atoms with Gasteiger partial charge in [-0.2, -0.15) is 15.3 Å². The highest BCUT2D eigenvalue weighted by Gasteiger charge is 2.20. The standard InChI is InChI=1S/C24H21N9O3S/c1-15-18-12-26-20(19-13-28-32-8-4-7-25-24(19)32)10-22(18)33(29-15)21-6-5-16(9-23(21)36-3)30-37(34,35)17-11-27-31(2)14-17/h4-14,30H,1-3H3. The Labute approximate surface area is 211 Å². The first-order valence-electron chi connectivity index (χ1n) is 11.2. The molecule has 13 heteroatoms. The molecule has 37 heavy (non-hydrogen) atoms. The second-order valence-corrected chi connectivity index (χ2v) is 10.1. The van der Waals surface area contributed by atoms with Crippen LogP contribution in [0.1, 0.15) is 5.69 Å². The summed E-state index contributed by atoms with van der Waals surface area (Å²) in [6.45, 7) is 1.90. The molecule has 0 amide bonds. The Hall–Kier alpha value is -4.78. The molecule has 0 aliphatic heterocycles. The Balaban J connectivity index is 1.43. The lowest BCUT2D eigenvalue weighted by Gasteiger charge is -2.13. The van der Waals surface area contributed by atoms with E-state index >= 15 is 0 Å². The molecule has 12 nitrogen and oxygen atoms in total. The molecule has 0 saturated heterocycles. The summed E-state index contributed by atoms with van der Waals surface area (Å²) in [4.78, 5) is 9.13. The molecule has 0 aliphatic carbocycles. The zero-order valence-electron chi connectivity index (χ0n) is 20.1. The van der Waals surface area contributed by atoms with Gasteiger partial charge in [-0.1, -0.05) is 0 Å². The second-order valence-electron chi connectivity index (χ2n) is 8.37. The van der Waals surface area contributed by atoms with Crippen molar-refractivity contribution in [3.05, 3.63) is 73.2 Å². The molecule has 1 N–H and O–H groups in total. The molecule has 1 aromatic carbocycles. The quantitative estimate of drug-likeness (QED) is 0.358. The first-order valence-corrected chi connectivity index (χ1v) is 12.7. The Kier molecular flexibility index (Phi) is 5.15. The fourth-order valence-electron chi connectivity index (χ4n) is 4.16. The van der Waals surface area contributed by atoms with Crippen molar-refractivity contribution < 1.29 is 13.2 Å². The van der Waals surface area contributed by atoms with Crippen molar-refractivity contribution in [1.82, 2.24) is 39.1 Å². The van der Waals surface area contributed by atoms with E-state index in [1.165, 1.54) is 24.2 Å². The van der Waals surface area contributed by atoms with Crippen LogP contribution in [-0.4, -0.2) is 54.7 Å². The number of rotatable bonds is 6. The van der Waals surface area contributed by atoms with Gasteiger partial charge in [0, 0.05) is 43.3 Å². The highest BCUT2D eigenvalue weighted by Crippen LogP contribution is 2.32. The minimum atomic E-state index is -3.81. The first kappa shape index (κ1) is 22.7. The van der Waals surface area contributed by atoms with E-state index in [-0.39, 0.29) is 4.90 Å². The predicted octanol–water partition coefficient (Wildman–Crippen LogP) is 2.98. The van der Waals surface area contributed by atoms with Crippen LogP contribution in [0.2, 0.25) is 0 Å². The predicted molar refractivity (Wildman–Crippen MR) is 136 cm³/mol. The van der Waals surface area contributed by atoms with Gasteiger partial charge in [0.2, 0.25) is 0 Å². The number of aryl methyl sites for hydroxylation is 2. The van der Waals surface area contributed by atoms with Crippen LogP contribution in [0.4, 0.5) is 5.69 Å². The van der Waals surface area contributed by atoms with E-state index in [1.54, 1.807) is 53.0 Å². The van der Waals surface area contributed by atoms with E-state index in [0.29, 0.717) is 28.5 Å². The number of benzene rings is 1. The van der Waals surface area contributed by atoms with Crippen LogP contribution in [0.5, 0.6) is 5.75 Å². The summed E-state index contributed by atoms with van der Waals surface area (Å²) in [5.41, 5.74) is 4.76. The largest absolute Gasteiger partial charge is 0.494 e. The zero-order valence-corrected chi connectivity index (χ0v) is 20.9. The summed E-state index contributed by atoms with van der Waals surface area (Å²) in [7, 11) is -0.632. The molecule has 6 rings (SSSR count). The minimum absolute atomic E-state index is 0.0638. The average molecular weight is 516 g/mol. The Bertz CT molecular complexity index is 1900. The van der Waals surface area contributed by atoms with Crippen LogP contribution in [0.25, 0.3) is 33.5 Å². The van der Waals surface area contributed by atoms with E-state index in [9.17, 15) is 8.42 Å².